The average Bonchev–Trinajstić information content (AvgIpc) is 2.38. The number of carbonyl (C=O) groups is 1. The van der Waals surface area contributed by atoms with E-state index in [-0.39, 0.29) is 0 Å². The Bertz CT molecular complexity index is 510. The number of sulfonamides is 1. The Kier molecular flexibility index (Phi) is 5.86. The van der Waals surface area contributed by atoms with Gasteiger partial charge < -0.3 is 35.4 Å². The zero-order valence-corrected chi connectivity index (χ0v) is 12.3. The molecule has 0 aromatic heterocycles. The van der Waals surface area contributed by atoms with E-state index in [2.05, 4.69) is 0 Å². The van der Waals surface area contributed by atoms with Gasteiger partial charge in [0.05, 0.1) is 25.0 Å². The van der Waals surface area contributed by atoms with Crippen LogP contribution in [-0.2, 0) is 19.6 Å². The van der Waals surface area contributed by atoms with Crippen molar-refractivity contribution in [3.63, 3.8) is 0 Å². The van der Waals surface area contributed by atoms with Gasteiger partial charge in [-0.05, 0) is 0 Å². The maximum Gasteiger partial charge on any atom is 0.364 e. The molecule has 1 aliphatic rings. The number of aliphatic carboxylic acids is 1. The zero-order chi connectivity index (χ0) is 17.3. The summed E-state index contributed by atoms with van der Waals surface area (Å²) in [4.78, 5) is 11.0. The van der Waals surface area contributed by atoms with Crippen molar-refractivity contribution in [1.82, 2.24) is 4.72 Å². The number of ether oxygens (including phenoxy) is 1. The highest BCUT2D eigenvalue weighted by atomic mass is 32.2. The summed E-state index contributed by atoms with van der Waals surface area (Å²) in [5.41, 5.74) is 0. The fourth-order valence-electron chi connectivity index (χ4n) is 2.12. The highest BCUT2D eigenvalue weighted by Crippen LogP contribution is 2.30. The fourth-order valence-corrected chi connectivity index (χ4v) is 2.90. The molecule has 0 amide bonds. The zero-order valence-electron chi connectivity index (χ0n) is 11.5. The van der Waals surface area contributed by atoms with Crippen molar-refractivity contribution in [1.29, 1.82) is 0 Å². The van der Waals surface area contributed by atoms with E-state index in [4.69, 9.17) is 14.9 Å². The van der Waals surface area contributed by atoms with Gasteiger partial charge in [0.15, 0.2) is 0 Å². The molecule has 1 aliphatic heterocycles. The summed E-state index contributed by atoms with van der Waals surface area (Å²) in [7, 11) is -3.89. The van der Waals surface area contributed by atoms with Gasteiger partial charge in [-0.1, -0.05) is 0 Å². The molecule has 7 N–H and O–H groups in total. The van der Waals surface area contributed by atoms with Gasteiger partial charge in [0.25, 0.3) is 5.79 Å². The van der Waals surface area contributed by atoms with E-state index in [0.29, 0.717) is 0 Å². The fraction of sp³-hybridized carbons (Fsp3) is 0.900. The van der Waals surface area contributed by atoms with Gasteiger partial charge in [-0.15, -0.1) is 0 Å². The van der Waals surface area contributed by atoms with Crippen molar-refractivity contribution in [2.45, 2.75) is 42.7 Å². The highest BCUT2D eigenvalue weighted by molar-refractivity contribution is 7.88. The molecule has 130 valence electrons. The minimum atomic E-state index is -3.89. The van der Waals surface area contributed by atoms with Gasteiger partial charge in [-0.2, -0.15) is 0 Å². The summed E-state index contributed by atoms with van der Waals surface area (Å²) in [6.07, 6.45) is -7.43. The van der Waals surface area contributed by atoms with Crippen LogP contribution in [0.3, 0.4) is 0 Å². The third-order valence-electron chi connectivity index (χ3n) is 3.19. The minimum absolute atomic E-state index is 0.754. The van der Waals surface area contributed by atoms with Crippen molar-refractivity contribution in [3.05, 3.63) is 0 Å². The van der Waals surface area contributed by atoms with Crippen LogP contribution >= 0.6 is 0 Å². The lowest BCUT2D eigenvalue weighted by Gasteiger charge is -2.44. The van der Waals surface area contributed by atoms with Gasteiger partial charge in [0, 0.05) is 6.42 Å². The molecule has 0 bridgehead atoms. The third-order valence-corrected chi connectivity index (χ3v) is 3.89. The molecule has 0 radical (unpaired) electrons. The van der Waals surface area contributed by atoms with Gasteiger partial charge in [-0.3, -0.25) is 0 Å². The average molecular weight is 345 g/mol. The van der Waals surface area contributed by atoms with Crippen LogP contribution < -0.4 is 4.72 Å². The number of aliphatic hydroxyl groups is 5. The molecule has 1 saturated heterocycles. The molecule has 6 atom stereocenters. The number of aliphatic hydroxyl groups excluding tert-OH is 4. The molecule has 0 spiro atoms. The number of carboxylic acids is 1. The van der Waals surface area contributed by atoms with Crippen LogP contribution in [0.25, 0.3) is 0 Å². The van der Waals surface area contributed by atoms with E-state index >= 15 is 0 Å². The van der Waals surface area contributed by atoms with Gasteiger partial charge in [0.2, 0.25) is 10.0 Å². The molecule has 22 heavy (non-hydrogen) atoms. The smallest absolute Gasteiger partial charge is 0.364 e. The molecular formula is C10H19NO10S. The summed E-state index contributed by atoms with van der Waals surface area (Å²) < 4.78 is 29.3. The molecule has 1 heterocycles. The van der Waals surface area contributed by atoms with Gasteiger partial charge in [-0.25, -0.2) is 17.9 Å². The molecule has 1 rings (SSSR count). The summed E-state index contributed by atoms with van der Waals surface area (Å²) in [5.74, 6) is -4.74. The molecule has 11 nitrogen and oxygen atoms in total. The lowest BCUT2D eigenvalue weighted by molar-refractivity contribution is -0.294. The first-order valence-electron chi connectivity index (χ1n) is 6.17. The molecule has 0 unspecified atom stereocenters. The third kappa shape index (κ3) is 4.33. The quantitative estimate of drug-likeness (QED) is 0.247. The number of hydrogen-bond acceptors (Lipinski definition) is 9. The van der Waals surface area contributed by atoms with Crippen molar-refractivity contribution >= 4 is 16.0 Å². The first-order valence-corrected chi connectivity index (χ1v) is 8.06. The van der Waals surface area contributed by atoms with Crippen LogP contribution in [-0.4, -0.2) is 94.1 Å². The van der Waals surface area contributed by atoms with Crippen LogP contribution in [0.5, 0.6) is 0 Å². The first kappa shape index (κ1) is 19.2. The van der Waals surface area contributed by atoms with Gasteiger partial charge >= 0.3 is 5.97 Å². The Labute approximate surface area is 125 Å². The minimum Gasteiger partial charge on any atom is -0.477 e. The summed E-state index contributed by atoms with van der Waals surface area (Å²) >= 11 is 0. The predicted molar refractivity (Wildman–Crippen MR) is 68.9 cm³/mol. The van der Waals surface area contributed by atoms with Crippen molar-refractivity contribution in [2.24, 2.45) is 0 Å². The maximum absolute atomic E-state index is 11.3. The van der Waals surface area contributed by atoms with E-state index < -0.39 is 65.3 Å². The number of carboxylic acid groups (broad SMARTS) is 1. The van der Waals surface area contributed by atoms with Crippen molar-refractivity contribution in [3.8, 4) is 0 Å². The Balaban J connectivity index is 3.16. The number of nitrogens with one attached hydrogen (secondary N) is 1. The largest absolute Gasteiger partial charge is 0.477 e. The van der Waals surface area contributed by atoms with E-state index in [1.54, 1.807) is 0 Å². The van der Waals surface area contributed by atoms with E-state index in [1.807, 2.05) is 4.72 Å². The van der Waals surface area contributed by atoms with Crippen LogP contribution in [0.2, 0.25) is 0 Å². The predicted octanol–water partition coefficient (Wildman–Crippen LogP) is -4.46. The summed E-state index contributed by atoms with van der Waals surface area (Å²) in [6.45, 7) is -0.936. The molecular weight excluding hydrogens is 326 g/mol. The van der Waals surface area contributed by atoms with Crippen LogP contribution in [0, 0.1) is 0 Å². The monoisotopic (exact) mass is 345 g/mol. The lowest BCUT2D eigenvalue weighted by atomic mass is 9.89. The van der Waals surface area contributed by atoms with E-state index in [1.165, 1.54) is 0 Å². The van der Waals surface area contributed by atoms with Crippen molar-refractivity contribution in [2.75, 3.05) is 12.9 Å². The first-order chi connectivity index (χ1) is 9.91. The van der Waals surface area contributed by atoms with Gasteiger partial charge in [0.1, 0.15) is 18.3 Å². The molecule has 0 aromatic carbocycles. The summed E-state index contributed by atoms with van der Waals surface area (Å²) in [5, 5.41) is 56.7. The lowest BCUT2D eigenvalue weighted by Crippen LogP contribution is -2.67. The molecule has 0 saturated carbocycles. The van der Waals surface area contributed by atoms with Crippen LogP contribution in [0.15, 0.2) is 0 Å². The second-order valence-corrected chi connectivity index (χ2v) is 6.88. The molecule has 0 aliphatic carbocycles. The molecule has 0 aromatic rings. The second kappa shape index (κ2) is 6.72. The second-order valence-electron chi connectivity index (χ2n) is 5.10. The Hall–Kier alpha value is -0.860. The number of rotatable bonds is 6. The van der Waals surface area contributed by atoms with Crippen molar-refractivity contribution < 1.29 is 48.6 Å². The maximum atomic E-state index is 11.3. The van der Waals surface area contributed by atoms with E-state index in [9.17, 15) is 33.6 Å². The van der Waals surface area contributed by atoms with Crippen LogP contribution in [0.4, 0.5) is 0 Å². The number of hydrogen-bond donors (Lipinski definition) is 7. The molecule has 12 heteroatoms. The molecule has 1 fully saturated rings. The van der Waals surface area contributed by atoms with E-state index in [0.717, 1.165) is 6.26 Å². The standard InChI is InChI=1S/C10H19NO10S/c1-22(19,20)11-6-4(13)2-10(18,9(16)17)21-8(6)7(15)5(14)3-12/h4-8,11-15,18H,2-3H2,1H3,(H,16,17)/t4-,5+,6+,7+,8+,10-/m0/s1. The Morgan fingerprint density at radius 2 is 2.00 bits per heavy atom. The topological polar surface area (TPSA) is 194 Å². The Morgan fingerprint density at radius 1 is 1.45 bits per heavy atom. The van der Waals surface area contributed by atoms with Crippen LogP contribution in [0.1, 0.15) is 6.42 Å². The Morgan fingerprint density at radius 3 is 2.41 bits per heavy atom. The SMILES string of the molecule is CS(=O)(=O)N[C@H]1[C@H]([C@H](O)[C@H](O)CO)O[C@](O)(C(=O)O)C[C@@H]1O. The normalized spacial score (nSPS) is 35.8. The highest BCUT2D eigenvalue weighted by Gasteiger charge is 2.54. The summed E-state index contributed by atoms with van der Waals surface area (Å²) in [6, 6.07) is -1.54.